The van der Waals surface area contributed by atoms with Crippen molar-refractivity contribution in [1.82, 2.24) is 4.90 Å². The van der Waals surface area contributed by atoms with E-state index in [-0.39, 0.29) is 11.6 Å². The Balaban J connectivity index is 2.23. The molecule has 1 aromatic rings. The first-order chi connectivity index (χ1) is 10.3. The molecule has 1 saturated heterocycles. The number of anilines is 1. The van der Waals surface area contributed by atoms with E-state index in [1.54, 1.807) is 12.1 Å². The number of carboxylic acid groups (broad SMARTS) is 1. The summed E-state index contributed by atoms with van der Waals surface area (Å²) in [7, 11) is 0. The van der Waals surface area contributed by atoms with E-state index < -0.39 is 17.4 Å². The van der Waals surface area contributed by atoms with Crippen molar-refractivity contribution in [2.24, 2.45) is 0 Å². The molecule has 22 heavy (non-hydrogen) atoms. The molecule has 0 radical (unpaired) electrons. The summed E-state index contributed by atoms with van der Waals surface area (Å²) in [4.78, 5) is 14.8. The number of carbonyl (C=O) groups is 1. The van der Waals surface area contributed by atoms with E-state index in [4.69, 9.17) is 5.26 Å². The summed E-state index contributed by atoms with van der Waals surface area (Å²) in [6.45, 7) is 6.54. The Bertz CT molecular complexity index is 619. The third-order valence-corrected chi connectivity index (χ3v) is 3.90. The van der Waals surface area contributed by atoms with E-state index in [1.807, 2.05) is 31.7 Å². The third kappa shape index (κ3) is 2.98. The number of halogens is 1. The molecule has 1 heterocycles. The number of nitrogens with zero attached hydrogens (tertiary/aromatic N) is 3. The number of nitriles is 1. The van der Waals surface area contributed by atoms with Crippen LogP contribution in [0.2, 0.25) is 0 Å². The largest absolute Gasteiger partial charge is 0.465 e. The molecule has 0 bridgehead atoms. The monoisotopic (exact) mass is 305 g/mol. The Kier molecular flexibility index (Phi) is 4.27. The van der Waals surface area contributed by atoms with Crippen molar-refractivity contribution >= 4 is 11.8 Å². The van der Waals surface area contributed by atoms with Crippen LogP contribution in [0.5, 0.6) is 0 Å². The second-order valence-corrected chi connectivity index (χ2v) is 6.46. The number of benzene rings is 1. The predicted molar refractivity (Wildman–Crippen MR) is 81.3 cm³/mol. The van der Waals surface area contributed by atoms with Crippen molar-refractivity contribution in [2.45, 2.75) is 38.8 Å². The minimum absolute atomic E-state index is 0.00635. The maximum absolute atomic E-state index is 14.3. The van der Waals surface area contributed by atoms with Crippen LogP contribution in [0.15, 0.2) is 18.2 Å². The lowest BCUT2D eigenvalue weighted by Gasteiger charge is -2.38. The molecular formula is C16H20FN3O2. The fraction of sp³-hybridized carbons (Fsp3) is 0.500. The van der Waals surface area contributed by atoms with Crippen LogP contribution in [-0.4, -0.2) is 40.8 Å². The lowest BCUT2D eigenvalue weighted by molar-refractivity contribution is 0.0763. The quantitative estimate of drug-likeness (QED) is 0.912. The summed E-state index contributed by atoms with van der Waals surface area (Å²) in [5.41, 5.74) is -0.146. The van der Waals surface area contributed by atoms with Gasteiger partial charge in [-0.15, -0.1) is 0 Å². The van der Waals surface area contributed by atoms with Crippen LogP contribution in [-0.2, 0) is 0 Å². The smallest absolute Gasteiger partial charge is 0.408 e. The van der Waals surface area contributed by atoms with Gasteiger partial charge in [-0.3, -0.25) is 4.90 Å². The van der Waals surface area contributed by atoms with Gasteiger partial charge in [0.15, 0.2) is 5.82 Å². The molecule has 1 aliphatic rings. The van der Waals surface area contributed by atoms with Crippen LogP contribution in [0.3, 0.4) is 0 Å². The maximum Gasteiger partial charge on any atom is 0.408 e. The zero-order valence-electron chi connectivity index (χ0n) is 13.0. The van der Waals surface area contributed by atoms with Gasteiger partial charge in [0, 0.05) is 18.6 Å². The molecule has 1 aromatic carbocycles. The van der Waals surface area contributed by atoms with Crippen LogP contribution in [0.4, 0.5) is 14.9 Å². The molecule has 0 spiro atoms. The number of hydrogen-bond donors (Lipinski definition) is 1. The highest BCUT2D eigenvalue weighted by molar-refractivity contribution is 5.67. The van der Waals surface area contributed by atoms with Crippen molar-refractivity contribution in [3.63, 3.8) is 0 Å². The Hall–Kier alpha value is -2.29. The molecule has 1 amide bonds. The average molecular weight is 305 g/mol. The van der Waals surface area contributed by atoms with Gasteiger partial charge in [-0.1, -0.05) is 6.07 Å². The Morgan fingerprint density at radius 3 is 2.73 bits per heavy atom. The fourth-order valence-corrected chi connectivity index (χ4v) is 3.01. The van der Waals surface area contributed by atoms with E-state index >= 15 is 0 Å². The SMILES string of the molecule is CC(C)(C)N(C(=O)O)[C@@H]1CCN(c2cccc(C#N)c2F)C1. The lowest BCUT2D eigenvalue weighted by Crippen LogP contribution is -2.52. The topological polar surface area (TPSA) is 67.6 Å². The summed E-state index contributed by atoms with van der Waals surface area (Å²) >= 11 is 0. The summed E-state index contributed by atoms with van der Waals surface area (Å²) < 4.78 is 14.3. The van der Waals surface area contributed by atoms with Crippen molar-refractivity contribution in [3.05, 3.63) is 29.6 Å². The second kappa shape index (κ2) is 5.84. The van der Waals surface area contributed by atoms with Crippen molar-refractivity contribution < 1.29 is 14.3 Å². The lowest BCUT2D eigenvalue weighted by atomic mass is 10.0. The molecule has 0 aliphatic carbocycles. The first-order valence-electron chi connectivity index (χ1n) is 7.21. The van der Waals surface area contributed by atoms with Gasteiger partial charge in [-0.25, -0.2) is 9.18 Å². The highest BCUT2D eigenvalue weighted by Gasteiger charge is 2.37. The van der Waals surface area contributed by atoms with Gasteiger partial charge in [0.25, 0.3) is 0 Å². The van der Waals surface area contributed by atoms with E-state index in [1.165, 1.54) is 11.0 Å². The van der Waals surface area contributed by atoms with Gasteiger partial charge in [-0.2, -0.15) is 5.26 Å². The number of amides is 1. The van der Waals surface area contributed by atoms with Gasteiger partial charge < -0.3 is 10.0 Å². The summed E-state index contributed by atoms with van der Waals surface area (Å²) in [5.74, 6) is -0.539. The van der Waals surface area contributed by atoms with Crippen molar-refractivity contribution in [1.29, 1.82) is 5.26 Å². The Labute approximate surface area is 129 Å². The molecule has 1 fully saturated rings. The predicted octanol–water partition coefficient (Wildman–Crippen LogP) is 3.05. The van der Waals surface area contributed by atoms with Crippen molar-refractivity contribution in [3.8, 4) is 6.07 Å². The molecule has 118 valence electrons. The average Bonchev–Trinajstić information content (AvgIpc) is 2.85. The molecule has 1 N–H and O–H groups in total. The van der Waals surface area contributed by atoms with Gasteiger partial charge in [-0.05, 0) is 39.3 Å². The first-order valence-corrected chi connectivity index (χ1v) is 7.21. The van der Waals surface area contributed by atoms with E-state index in [0.29, 0.717) is 25.2 Å². The fourth-order valence-electron chi connectivity index (χ4n) is 3.01. The highest BCUT2D eigenvalue weighted by Crippen LogP contribution is 2.30. The number of hydrogen-bond acceptors (Lipinski definition) is 3. The van der Waals surface area contributed by atoms with Gasteiger partial charge in [0.05, 0.1) is 17.3 Å². The Morgan fingerprint density at radius 2 is 2.18 bits per heavy atom. The summed E-state index contributed by atoms with van der Waals surface area (Å²) in [5, 5.41) is 18.4. The molecule has 5 nitrogen and oxygen atoms in total. The van der Waals surface area contributed by atoms with E-state index in [9.17, 15) is 14.3 Å². The molecule has 0 aromatic heterocycles. The number of rotatable bonds is 2. The van der Waals surface area contributed by atoms with Crippen molar-refractivity contribution in [2.75, 3.05) is 18.0 Å². The summed E-state index contributed by atoms with van der Waals surface area (Å²) in [6, 6.07) is 6.34. The summed E-state index contributed by atoms with van der Waals surface area (Å²) in [6.07, 6.45) is -0.328. The minimum Gasteiger partial charge on any atom is -0.465 e. The van der Waals surface area contributed by atoms with Crippen LogP contribution < -0.4 is 4.90 Å². The normalized spacial score (nSPS) is 18.1. The second-order valence-electron chi connectivity index (χ2n) is 6.46. The Morgan fingerprint density at radius 1 is 1.50 bits per heavy atom. The molecular weight excluding hydrogens is 285 g/mol. The molecule has 6 heteroatoms. The molecule has 0 unspecified atom stereocenters. The molecule has 0 saturated carbocycles. The van der Waals surface area contributed by atoms with Crippen LogP contribution >= 0.6 is 0 Å². The molecule has 1 aliphatic heterocycles. The minimum atomic E-state index is -0.967. The molecule has 1 atom stereocenters. The van der Waals surface area contributed by atoms with Crippen LogP contribution in [0.1, 0.15) is 32.8 Å². The van der Waals surface area contributed by atoms with E-state index in [0.717, 1.165) is 0 Å². The zero-order valence-corrected chi connectivity index (χ0v) is 13.0. The van der Waals surface area contributed by atoms with Gasteiger partial charge in [0.1, 0.15) is 6.07 Å². The zero-order chi connectivity index (χ0) is 16.5. The van der Waals surface area contributed by atoms with Gasteiger partial charge >= 0.3 is 6.09 Å². The molecule has 2 rings (SSSR count). The van der Waals surface area contributed by atoms with E-state index in [2.05, 4.69) is 0 Å². The first kappa shape index (κ1) is 16.1. The van der Waals surface area contributed by atoms with Gasteiger partial charge in [0.2, 0.25) is 0 Å². The highest BCUT2D eigenvalue weighted by atomic mass is 19.1. The standard InChI is InChI=1S/C16H20FN3O2/c1-16(2,3)20(15(21)22)12-7-8-19(10-12)13-6-4-5-11(9-18)14(13)17/h4-6,12H,7-8,10H2,1-3H3,(H,21,22)/t12-/m1/s1. The van der Waals surface area contributed by atoms with Crippen LogP contribution in [0.25, 0.3) is 0 Å². The maximum atomic E-state index is 14.3. The third-order valence-electron chi connectivity index (χ3n) is 3.90. The van der Waals surface area contributed by atoms with Crippen LogP contribution in [0, 0.1) is 17.1 Å².